The fourth-order valence-electron chi connectivity index (χ4n) is 2.42. The second kappa shape index (κ2) is 8.85. The SMILES string of the molecule is CCc1ccc(CN(C)C(C)C(=O)NCCc2cccs2)cc1. The molecule has 2 aromatic rings. The number of aryl methyl sites for hydroxylation is 1. The highest BCUT2D eigenvalue weighted by Gasteiger charge is 2.17. The number of benzene rings is 1. The van der Waals surface area contributed by atoms with Crippen LogP contribution in [0.15, 0.2) is 41.8 Å². The zero-order chi connectivity index (χ0) is 16.7. The van der Waals surface area contributed by atoms with Crippen molar-refractivity contribution in [2.75, 3.05) is 13.6 Å². The molecule has 1 amide bonds. The van der Waals surface area contributed by atoms with Crippen molar-refractivity contribution in [2.24, 2.45) is 0 Å². The Kier molecular flexibility index (Phi) is 6.81. The Morgan fingerprint density at radius 2 is 1.91 bits per heavy atom. The number of hydrogen-bond donors (Lipinski definition) is 1. The molecule has 0 fully saturated rings. The summed E-state index contributed by atoms with van der Waals surface area (Å²) >= 11 is 1.73. The summed E-state index contributed by atoms with van der Waals surface area (Å²) < 4.78 is 0. The van der Waals surface area contributed by atoms with Gasteiger partial charge in [0.05, 0.1) is 6.04 Å². The summed E-state index contributed by atoms with van der Waals surface area (Å²) in [6.07, 6.45) is 1.96. The van der Waals surface area contributed by atoms with Gasteiger partial charge in [-0.25, -0.2) is 0 Å². The van der Waals surface area contributed by atoms with E-state index in [-0.39, 0.29) is 11.9 Å². The molecule has 1 unspecified atom stereocenters. The lowest BCUT2D eigenvalue weighted by molar-refractivity contribution is -0.125. The van der Waals surface area contributed by atoms with Gasteiger partial charge in [-0.2, -0.15) is 0 Å². The summed E-state index contributed by atoms with van der Waals surface area (Å²) in [6.45, 7) is 5.59. The van der Waals surface area contributed by atoms with Gasteiger partial charge in [0.15, 0.2) is 0 Å². The maximum absolute atomic E-state index is 12.3. The number of nitrogens with zero attached hydrogens (tertiary/aromatic N) is 1. The Hall–Kier alpha value is -1.65. The van der Waals surface area contributed by atoms with Gasteiger partial charge < -0.3 is 5.32 Å². The van der Waals surface area contributed by atoms with Gasteiger partial charge in [0.25, 0.3) is 0 Å². The normalized spacial score (nSPS) is 12.3. The lowest BCUT2D eigenvalue weighted by Crippen LogP contribution is -2.43. The predicted molar refractivity (Wildman–Crippen MR) is 97.8 cm³/mol. The molecule has 1 heterocycles. The van der Waals surface area contributed by atoms with Gasteiger partial charge >= 0.3 is 0 Å². The molecule has 2 rings (SSSR count). The molecule has 0 aliphatic heterocycles. The minimum absolute atomic E-state index is 0.0919. The summed E-state index contributed by atoms with van der Waals surface area (Å²) in [6, 6.07) is 12.6. The van der Waals surface area contributed by atoms with Crippen molar-refractivity contribution in [2.45, 2.75) is 39.3 Å². The van der Waals surface area contributed by atoms with Crippen LogP contribution in [0.25, 0.3) is 0 Å². The summed E-state index contributed by atoms with van der Waals surface area (Å²) in [5, 5.41) is 5.10. The van der Waals surface area contributed by atoms with Gasteiger partial charge in [-0.05, 0) is 49.4 Å². The second-order valence-corrected chi connectivity index (χ2v) is 6.91. The Morgan fingerprint density at radius 3 is 2.52 bits per heavy atom. The fourth-order valence-corrected chi connectivity index (χ4v) is 3.13. The van der Waals surface area contributed by atoms with Crippen LogP contribution < -0.4 is 5.32 Å². The Morgan fingerprint density at radius 1 is 1.22 bits per heavy atom. The number of rotatable bonds is 8. The number of hydrogen-bond acceptors (Lipinski definition) is 3. The van der Waals surface area contributed by atoms with E-state index < -0.39 is 0 Å². The molecular formula is C19H26N2OS. The van der Waals surface area contributed by atoms with Crippen LogP contribution in [0.2, 0.25) is 0 Å². The summed E-state index contributed by atoms with van der Waals surface area (Å²) in [4.78, 5) is 15.6. The third-order valence-electron chi connectivity index (χ3n) is 4.15. The smallest absolute Gasteiger partial charge is 0.237 e. The molecule has 1 aromatic heterocycles. The van der Waals surface area contributed by atoms with Gasteiger partial charge in [-0.1, -0.05) is 37.3 Å². The zero-order valence-corrected chi connectivity index (χ0v) is 15.0. The largest absolute Gasteiger partial charge is 0.354 e. The predicted octanol–water partition coefficient (Wildman–Crippen LogP) is 3.49. The van der Waals surface area contributed by atoms with Crippen LogP contribution in [0, 0.1) is 0 Å². The van der Waals surface area contributed by atoms with Crippen LogP contribution >= 0.6 is 11.3 Å². The van der Waals surface area contributed by atoms with Crippen LogP contribution in [-0.2, 0) is 24.2 Å². The average Bonchev–Trinajstić information content (AvgIpc) is 3.08. The van der Waals surface area contributed by atoms with Crippen LogP contribution in [0.4, 0.5) is 0 Å². The van der Waals surface area contributed by atoms with Crippen molar-refractivity contribution in [3.05, 3.63) is 57.8 Å². The first-order chi connectivity index (χ1) is 11.1. The third-order valence-corrected chi connectivity index (χ3v) is 5.09. The highest BCUT2D eigenvalue weighted by Crippen LogP contribution is 2.10. The van der Waals surface area contributed by atoms with Gasteiger partial charge in [-0.15, -0.1) is 11.3 Å². The Balaban J connectivity index is 1.78. The number of amides is 1. The quantitative estimate of drug-likeness (QED) is 0.803. The van der Waals surface area contributed by atoms with Crippen molar-refractivity contribution in [3.8, 4) is 0 Å². The third kappa shape index (κ3) is 5.48. The maximum Gasteiger partial charge on any atom is 0.237 e. The molecule has 3 nitrogen and oxygen atoms in total. The van der Waals surface area contributed by atoms with Gasteiger partial charge in [0.1, 0.15) is 0 Å². The number of carbonyl (C=O) groups excluding carboxylic acids is 1. The topological polar surface area (TPSA) is 32.3 Å². The molecular weight excluding hydrogens is 304 g/mol. The first-order valence-corrected chi connectivity index (χ1v) is 9.06. The number of nitrogens with one attached hydrogen (secondary N) is 1. The number of likely N-dealkylation sites (N-methyl/N-ethyl adjacent to an activating group) is 1. The van der Waals surface area contributed by atoms with Gasteiger partial charge in [0.2, 0.25) is 5.91 Å². The number of thiophene rings is 1. The summed E-state index contributed by atoms with van der Waals surface area (Å²) in [7, 11) is 2.00. The standard InChI is InChI=1S/C19H26N2OS/c1-4-16-7-9-17(10-8-16)14-21(3)15(2)19(22)20-12-11-18-6-5-13-23-18/h5-10,13,15H,4,11-12,14H2,1-3H3,(H,20,22). The molecule has 0 spiro atoms. The van der Waals surface area contributed by atoms with E-state index in [0.717, 1.165) is 19.4 Å². The highest BCUT2D eigenvalue weighted by molar-refractivity contribution is 7.09. The van der Waals surface area contributed by atoms with Crippen molar-refractivity contribution >= 4 is 17.2 Å². The van der Waals surface area contributed by atoms with Crippen LogP contribution in [0.5, 0.6) is 0 Å². The molecule has 1 N–H and O–H groups in total. The lowest BCUT2D eigenvalue weighted by Gasteiger charge is -2.24. The van der Waals surface area contributed by atoms with E-state index in [2.05, 4.69) is 52.9 Å². The van der Waals surface area contributed by atoms with Crippen LogP contribution in [-0.4, -0.2) is 30.4 Å². The molecule has 1 atom stereocenters. The van der Waals surface area contributed by atoms with Gasteiger partial charge in [-0.3, -0.25) is 9.69 Å². The van der Waals surface area contributed by atoms with Crippen LogP contribution in [0.3, 0.4) is 0 Å². The number of carbonyl (C=O) groups is 1. The Bertz CT molecular complexity index is 592. The van der Waals surface area contributed by atoms with Crippen molar-refractivity contribution in [1.29, 1.82) is 0 Å². The summed E-state index contributed by atoms with van der Waals surface area (Å²) in [5.41, 5.74) is 2.58. The monoisotopic (exact) mass is 330 g/mol. The maximum atomic E-state index is 12.3. The van der Waals surface area contributed by atoms with Crippen molar-refractivity contribution < 1.29 is 4.79 Å². The molecule has 0 bridgehead atoms. The van der Waals surface area contributed by atoms with E-state index in [1.165, 1.54) is 16.0 Å². The Labute approximate surface area is 143 Å². The minimum Gasteiger partial charge on any atom is -0.354 e. The summed E-state index contributed by atoms with van der Waals surface area (Å²) in [5.74, 6) is 0.0919. The van der Waals surface area contributed by atoms with E-state index in [9.17, 15) is 4.79 Å². The average molecular weight is 330 g/mol. The fraction of sp³-hybridized carbons (Fsp3) is 0.421. The van der Waals surface area contributed by atoms with E-state index in [1.54, 1.807) is 11.3 Å². The molecule has 0 saturated heterocycles. The van der Waals surface area contributed by atoms with E-state index in [1.807, 2.05) is 20.0 Å². The molecule has 23 heavy (non-hydrogen) atoms. The molecule has 0 aliphatic carbocycles. The lowest BCUT2D eigenvalue weighted by atomic mass is 10.1. The van der Waals surface area contributed by atoms with E-state index >= 15 is 0 Å². The first kappa shape index (κ1) is 17.7. The molecule has 0 saturated carbocycles. The molecule has 124 valence electrons. The molecule has 0 radical (unpaired) electrons. The van der Waals surface area contributed by atoms with Crippen LogP contribution in [0.1, 0.15) is 29.9 Å². The highest BCUT2D eigenvalue weighted by atomic mass is 32.1. The molecule has 0 aliphatic rings. The van der Waals surface area contributed by atoms with Crippen molar-refractivity contribution in [3.63, 3.8) is 0 Å². The van der Waals surface area contributed by atoms with Gasteiger partial charge in [0, 0.05) is 18.0 Å². The molecule has 1 aromatic carbocycles. The van der Waals surface area contributed by atoms with E-state index in [0.29, 0.717) is 6.54 Å². The zero-order valence-electron chi connectivity index (χ0n) is 14.2. The first-order valence-electron chi connectivity index (χ1n) is 8.18. The second-order valence-electron chi connectivity index (χ2n) is 5.88. The van der Waals surface area contributed by atoms with Crippen molar-refractivity contribution in [1.82, 2.24) is 10.2 Å². The molecule has 4 heteroatoms. The minimum atomic E-state index is -0.135. The van der Waals surface area contributed by atoms with E-state index in [4.69, 9.17) is 0 Å².